The SMILES string of the molecule is CCN/C(C)=C(/C)C(=O)O. The van der Waals surface area contributed by atoms with Crippen molar-refractivity contribution in [2.45, 2.75) is 20.8 Å². The summed E-state index contributed by atoms with van der Waals surface area (Å²) >= 11 is 0. The maximum Gasteiger partial charge on any atom is 0.333 e. The zero-order valence-corrected chi connectivity index (χ0v) is 6.56. The number of carboxylic acids is 1. The lowest BCUT2D eigenvalue weighted by Gasteiger charge is -2.03. The monoisotopic (exact) mass is 143 g/mol. The first kappa shape index (κ1) is 9.01. The highest BCUT2D eigenvalue weighted by atomic mass is 16.4. The van der Waals surface area contributed by atoms with E-state index in [4.69, 9.17) is 5.11 Å². The fourth-order valence-electron chi connectivity index (χ4n) is 0.558. The van der Waals surface area contributed by atoms with Crippen molar-refractivity contribution < 1.29 is 9.90 Å². The highest BCUT2D eigenvalue weighted by molar-refractivity contribution is 5.86. The van der Waals surface area contributed by atoms with Crippen LogP contribution in [0.25, 0.3) is 0 Å². The number of hydrogen-bond donors (Lipinski definition) is 2. The zero-order chi connectivity index (χ0) is 8.15. The van der Waals surface area contributed by atoms with E-state index in [-0.39, 0.29) is 0 Å². The molecule has 0 rings (SSSR count). The normalized spacial score (nSPS) is 12.3. The van der Waals surface area contributed by atoms with Gasteiger partial charge in [-0.2, -0.15) is 0 Å². The summed E-state index contributed by atoms with van der Waals surface area (Å²) in [4.78, 5) is 10.3. The predicted molar refractivity (Wildman–Crippen MR) is 39.7 cm³/mol. The fraction of sp³-hybridized carbons (Fsp3) is 0.571. The molecule has 0 bridgehead atoms. The average Bonchev–Trinajstić information content (AvgIpc) is 1.87. The van der Waals surface area contributed by atoms with Crippen molar-refractivity contribution >= 4 is 5.97 Å². The lowest BCUT2D eigenvalue weighted by Crippen LogP contribution is -2.14. The van der Waals surface area contributed by atoms with Gasteiger partial charge in [-0.05, 0) is 20.8 Å². The van der Waals surface area contributed by atoms with Crippen molar-refractivity contribution in [3.05, 3.63) is 11.3 Å². The number of aliphatic carboxylic acids is 1. The molecule has 0 aromatic carbocycles. The van der Waals surface area contributed by atoms with Gasteiger partial charge in [-0.15, -0.1) is 0 Å². The van der Waals surface area contributed by atoms with E-state index in [0.29, 0.717) is 5.57 Å². The molecule has 10 heavy (non-hydrogen) atoms. The van der Waals surface area contributed by atoms with Gasteiger partial charge in [-0.1, -0.05) is 0 Å². The highest BCUT2D eigenvalue weighted by Gasteiger charge is 2.02. The van der Waals surface area contributed by atoms with Crippen LogP contribution >= 0.6 is 0 Å². The second-order valence-corrected chi connectivity index (χ2v) is 2.09. The Kier molecular flexibility index (Phi) is 3.54. The first-order valence-corrected chi connectivity index (χ1v) is 3.24. The number of nitrogens with one attached hydrogen (secondary N) is 1. The fourth-order valence-corrected chi connectivity index (χ4v) is 0.558. The van der Waals surface area contributed by atoms with Crippen LogP contribution in [0.4, 0.5) is 0 Å². The highest BCUT2D eigenvalue weighted by Crippen LogP contribution is 1.98. The van der Waals surface area contributed by atoms with Crippen molar-refractivity contribution in [1.82, 2.24) is 5.32 Å². The number of hydrogen-bond acceptors (Lipinski definition) is 2. The maximum atomic E-state index is 10.3. The Balaban J connectivity index is 4.19. The molecule has 3 heteroatoms. The van der Waals surface area contributed by atoms with Crippen molar-refractivity contribution in [2.75, 3.05) is 6.54 Å². The molecule has 0 radical (unpaired) electrons. The molecule has 0 atom stereocenters. The van der Waals surface area contributed by atoms with Crippen molar-refractivity contribution in [2.24, 2.45) is 0 Å². The minimum atomic E-state index is -0.863. The van der Waals surface area contributed by atoms with E-state index < -0.39 is 5.97 Å². The van der Waals surface area contributed by atoms with Gasteiger partial charge in [-0.25, -0.2) is 4.79 Å². The first-order chi connectivity index (χ1) is 4.59. The molecular formula is C7H13NO2. The third-order valence-electron chi connectivity index (χ3n) is 1.33. The summed E-state index contributed by atoms with van der Waals surface area (Å²) in [5, 5.41) is 11.4. The third-order valence-corrected chi connectivity index (χ3v) is 1.33. The summed E-state index contributed by atoms with van der Waals surface area (Å²) in [5.41, 5.74) is 1.11. The quantitative estimate of drug-likeness (QED) is 0.579. The molecule has 0 amide bonds. The van der Waals surface area contributed by atoms with E-state index in [1.165, 1.54) is 0 Å². The number of rotatable bonds is 3. The first-order valence-electron chi connectivity index (χ1n) is 3.24. The molecule has 0 heterocycles. The van der Waals surface area contributed by atoms with Crippen LogP contribution in [-0.4, -0.2) is 17.6 Å². The Hall–Kier alpha value is -0.990. The molecular weight excluding hydrogens is 130 g/mol. The second kappa shape index (κ2) is 3.93. The van der Waals surface area contributed by atoms with Crippen molar-refractivity contribution in [3.8, 4) is 0 Å². The largest absolute Gasteiger partial charge is 0.478 e. The van der Waals surface area contributed by atoms with Crippen LogP contribution in [-0.2, 0) is 4.79 Å². The minimum absolute atomic E-state index is 0.377. The third kappa shape index (κ3) is 2.53. The van der Waals surface area contributed by atoms with Crippen LogP contribution < -0.4 is 5.32 Å². The topological polar surface area (TPSA) is 49.3 Å². The van der Waals surface area contributed by atoms with E-state index in [1.54, 1.807) is 13.8 Å². The molecule has 0 aliphatic carbocycles. The molecule has 0 unspecified atom stereocenters. The van der Waals surface area contributed by atoms with Crippen molar-refractivity contribution in [1.29, 1.82) is 0 Å². The summed E-state index contributed by atoms with van der Waals surface area (Å²) in [7, 11) is 0. The molecule has 0 spiro atoms. The second-order valence-electron chi connectivity index (χ2n) is 2.09. The van der Waals surface area contributed by atoms with Gasteiger partial charge < -0.3 is 10.4 Å². The van der Waals surface area contributed by atoms with Gasteiger partial charge in [-0.3, -0.25) is 0 Å². The summed E-state index contributed by atoms with van der Waals surface area (Å²) in [6, 6.07) is 0. The molecule has 3 nitrogen and oxygen atoms in total. The molecule has 0 saturated heterocycles. The molecule has 0 aromatic heterocycles. The Labute approximate surface area is 60.7 Å². The van der Waals surface area contributed by atoms with Gasteiger partial charge in [0, 0.05) is 12.2 Å². The van der Waals surface area contributed by atoms with Gasteiger partial charge in [0.05, 0.1) is 5.57 Å². The molecule has 0 aromatic rings. The van der Waals surface area contributed by atoms with Gasteiger partial charge in [0.15, 0.2) is 0 Å². The molecule has 0 aliphatic heterocycles. The predicted octanol–water partition coefficient (Wildman–Crippen LogP) is 0.974. The van der Waals surface area contributed by atoms with Gasteiger partial charge >= 0.3 is 5.97 Å². The Morgan fingerprint density at radius 1 is 1.50 bits per heavy atom. The van der Waals surface area contributed by atoms with Crippen LogP contribution in [0.5, 0.6) is 0 Å². The lowest BCUT2D eigenvalue weighted by atomic mass is 10.2. The van der Waals surface area contributed by atoms with Crippen LogP contribution in [0, 0.1) is 0 Å². The number of carbonyl (C=O) groups is 1. The number of allylic oxidation sites excluding steroid dienone is 1. The lowest BCUT2D eigenvalue weighted by molar-refractivity contribution is -0.132. The Morgan fingerprint density at radius 3 is 2.30 bits per heavy atom. The van der Waals surface area contributed by atoms with Gasteiger partial charge in [0.25, 0.3) is 0 Å². The number of carboxylic acid groups (broad SMARTS) is 1. The van der Waals surface area contributed by atoms with Gasteiger partial charge in [0.2, 0.25) is 0 Å². The summed E-state index contributed by atoms with van der Waals surface area (Å²) < 4.78 is 0. The van der Waals surface area contributed by atoms with E-state index in [0.717, 1.165) is 12.2 Å². The van der Waals surface area contributed by atoms with Crippen LogP contribution in [0.15, 0.2) is 11.3 Å². The molecule has 0 aliphatic rings. The summed E-state index contributed by atoms with van der Waals surface area (Å²) in [6.07, 6.45) is 0. The average molecular weight is 143 g/mol. The molecule has 0 saturated carbocycles. The zero-order valence-electron chi connectivity index (χ0n) is 6.56. The van der Waals surface area contributed by atoms with Crippen LogP contribution in [0.3, 0.4) is 0 Å². The van der Waals surface area contributed by atoms with Crippen LogP contribution in [0.2, 0.25) is 0 Å². The smallest absolute Gasteiger partial charge is 0.333 e. The Morgan fingerprint density at radius 2 is 2.00 bits per heavy atom. The van der Waals surface area contributed by atoms with Crippen molar-refractivity contribution in [3.63, 3.8) is 0 Å². The van der Waals surface area contributed by atoms with E-state index in [2.05, 4.69) is 5.32 Å². The minimum Gasteiger partial charge on any atom is -0.478 e. The molecule has 58 valence electrons. The van der Waals surface area contributed by atoms with Crippen LogP contribution in [0.1, 0.15) is 20.8 Å². The summed E-state index contributed by atoms with van der Waals surface area (Å²) in [5.74, 6) is -0.863. The van der Waals surface area contributed by atoms with E-state index in [1.807, 2.05) is 6.92 Å². The maximum absolute atomic E-state index is 10.3. The molecule has 0 fully saturated rings. The molecule has 2 N–H and O–H groups in total. The Bertz CT molecular complexity index is 161. The van der Waals surface area contributed by atoms with E-state index >= 15 is 0 Å². The summed E-state index contributed by atoms with van der Waals surface area (Å²) in [6.45, 7) is 6.03. The van der Waals surface area contributed by atoms with Gasteiger partial charge in [0.1, 0.15) is 0 Å². The van der Waals surface area contributed by atoms with E-state index in [9.17, 15) is 4.79 Å². The standard InChI is InChI=1S/C7H13NO2/c1-4-8-6(3)5(2)7(9)10/h8H,4H2,1-3H3,(H,9,10)/b6-5-.